The monoisotopic (exact) mass is 371 g/mol. The highest BCUT2D eigenvalue weighted by atomic mass is 16.5. The van der Waals surface area contributed by atoms with E-state index in [4.69, 9.17) is 14.6 Å². The summed E-state index contributed by atoms with van der Waals surface area (Å²) in [5, 5.41) is 9.04. The summed E-state index contributed by atoms with van der Waals surface area (Å²) in [5.41, 5.74) is 0. The first-order valence-corrected chi connectivity index (χ1v) is 9.87. The van der Waals surface area contributed by atoms with Gasteiger partial charge in [-0.3, -0.25) is 14.5 Å². The molecule has 0 aromatic carbocycles. The van der Waals surface area contributed by atoms with Gasteiger partial charge >= 0.3 is 11.9 Å². The molecule has 6 nitrogen and oxygen atoms in total. The van der Waals surface area contributed by atoms with Crippen molar-refractivity contribution < 1.29 is 24.2 Å². The summed E-state index contributed by atoms with van der Waals surface area (Å²) >= 11 is 0. The van der Waals surface area contributed by atoms with Crippen molar-refractivity contribution in [3.05, 3.63) is 12.2 Å². The minimum atomic E-state index is -0.321. The zero-order chi connectivity index (χ0) is 19.5. The minimum Gasteiger partial charge on any atom is -0.465 e. The molecule has 0 heterocycles. The van der Waals surface area contributed by atoms with E-state index in [0.717, 1.165) is 32.1 Å². The molecule has 0 rings (SSSR count). The molecule has 0 unspecified atom stereocenters. The number of ether oxygens (including phenoxy) is 2. The molecule has 152 valence electrons. The van der Waals surface area contributed by atoms with E-state index < -0.39 is 0 Å². The van der Waals surface area contributed by atoms with Crippen LogP contribution in [0.4, 0.5) is 0 Å². The zero-order valence-electron chi connectivity index (χ0n) is 16.6. The quantitative estimate of drug-likeness (QED) is 0.241. The standard InChI is InChI=1S/C20H37NO5/c1-3-4-5-6-7-8-9-10-11-12-20(24)26-18-15-21(13-16-22)14-17-25-19(2)23/h4-5,22H,3,6-18H2,1-2H3/b5-4+. The van der Waals surface area contributed by atoms with Crippen LogP contribution in [0.5, 0.6) is 0 Å². The van der Waals surface area contributed by atoms with E-state index in [0.29, 0.717) is 32.7 Å². The molecule has 0 aromatic heterocycles. The SMILES string of the molecule is CC/C=C/CCCCCCCC(=O)OCCN(CCO)CCOC(C)=O. The van der Waals surface area contributed by atoms with Crippen LogP contribution in [-0.4, -0.2) is 61.4 Å². The van der Waals surface area contributed by atoms with Crippen LogP contribution in [0.1, 0.15) is 65.2 Å². The number of hydrogen-bond acceptors (Lipinski definition) is 6. The second-order valence-electron chi connectivity index (χ2n) is 6.31. The molecule has 0 fully saturated rings. The van der Waals surface area contributed by atoms with E-state index in [1.165, 1.54) is 19.8 Å². The van der Waals surface area contributed by atoms with Crippen LogP contribution in [-0.2, 0) is 19.1 Å². The number of unbranched alkanes of at least 4 members (excludes halogenated alkanes) is 5. The van der Waals surface area contributed by atoms with Crippen molar-refractivity contribution >= 4 is 11.9 Å². The number of esters is 2. The molecule has 0 saturated carbocycles. The Hall–Kier alpha value is -1.40. The normalized spacial score (nSPS) is 11.2. The summed E-state index contributed by atoms with van der Waals surface area (Å²) in [6.45, 7) is 5.60. The molecule has 0 aliphatic heterocycles. The van der Waals surface area contributed by atoms with Crippen LogP contribution in [0.15, 0.2) is 12.2 Å². The van der Waals surface area contributed by atoms with Crippen LogP contribution < -0.4 is 0 Å². The summed E-state index contributed by atoms with van der Waals surface area (Å²) in [4.78, 5) is 24.4. The van der Waals surface area contributed by atoms with Crippen LogP contribution in [0, 0.1) is 0 Å². The summed E-state index contributed by atoms with van der Waals surface area (Å²) in [7, 11) is 0. The Morgan fingerprint density at radius 1 is 0.923 bits per heavy atom. The minimum absolute atomic E-state index is 0.0161. The van der Waals surface area contributed by atoms with E-state index in [-0.39, 0.29) is 25.2 Å². The third kappa shape index (κ3) is 17.4. The summed E-state index contributed by atoms with van der Waals surface area (Å²) in [6.07, 6.45) is 12.7. The molecule has 26 heavy (non-hydrogen) atoms. The first-order chi connectivity index (χ1) is 12.6. The number of allylic oxidation sites excluding steroid dienone is 2. The fraction of sp³-hybridized carbons (Fsp3) is 0.800. The second-order valence-corrected chi connectivity index (χ2v) is 6.31. The van der Waals surface area contributed by atoms with Crippen LogP contribution in [0.2, 0.25) is 0 Å². The molecule has 0 amide bonds. The molecule has 0 aromatic rings. The average molecular weight is 372 g/mol. The Balaban J connectivity index is 3.60. The zero-order valence-corrected chi connectivity index (χ0v) is 16.6. The van der Waals surface area contributed by atoms with Crippen molar-refractivity contribution in [3.8, 4) is 0 Å². The van der Waals surface area contributed by atoms with Crippen molar-refractivity contribution in [1.82, 2.24) is 4.90 Å². The largest absolute Gasteiger partial charge is 0.465 e. The van der Waals surface area contributed by atoms with Crippen molar-refractivity contribution in [2.24, 2.45) is 0 Å². The fourth-order valence-electron chi connectivity index (χ4n) is 2.50. The highest BCUT2D eigenvalue weighted by Crippen LogP contribution is 2.08. The molecular weight excluding hydrogens is 334 g/mol. The topological polar surface area (TPSA) is 76.1 Å². The Kier molecular flexibility index (Phi) is 17.4. The molecule has 6 heteroatoms. The summed E-state index contributed by atoms with van der Waals surface area (Å²) in [5.74, 6) is -0.488. The molecule has 0 aliphatic carbocycles. The van der Waals surface area contributed by atoms with E-state index in [9.17, 15) is 9.59 Å². The van der Waals surface area contributed by atoms with Crippen LogP contribution in [0.3, 0.4) is 0 Å². The Morgan fingerprint density at radius 3 is 2.23 bits per heavy atom. The summed E-state index contributed by atoms with van der Waals surface area (Å²) < 4.78 is 10.1. The highest BCUT2D eigenvalue weighted by Gasteiger charge is 2.08. The van der Waals surface area contributed by atoms with Crippen LogP contribution >= 0.6 is 0 Å². The van der Waals surface area contributed by atoms with Gasteiger partial charge in [-0.25, -0.2) is 0 Å². The molecule has 0 saturated heterocycles. The number of nitrogens with zero attached hydrogens (tertiary/aromatic N) is 1. The third-order valence-electron chi connectivity index (χ3n) is 3.95. The fourth-order valence-corrected chi connectivity index (χ4v) is 2.50. The maximum atomic E-state index is 11.7. The number of hydrogen-bond donors (Lipinski definition) is 1. The molecule has 0 aliphatic rings. The van der Waals surface area contributed by atoms with Gasteiger partial charge in [-0.05, 0) is 25.7 Å². The van der Waals surface area contributed by atoms with Gasteiger partial charge in [-0.1, -0.05) is 38.3 Å². The lowest BCUT2D eigenvalue weighted by molar-refractivity contribution is -0.144. The maximum Gasteiger partial charge on any atom is 0.305 e. The molecule has 0 spiro atoms. The predicted molar refractivity (Wildman–Crippen MR) is 103 cm³/mol. The molecule has 0 radical (unpaired) electrons. The van der Waals surface area contributed by atoms with Gasteiger partial charge in [0, 0.05) is 33.0 Å². The van der Waals surface area contributed by atoms with Gasteiger partial charge in [0.2, 0.25) is 0 Å². The van der Waals surface area contributed by atoms with Gasteiger partial charge in [-0.15, -0.1) is 0 Å². The predicted octanol–water partition coefficient (Wildman–Crippen LogP) is 3.08. The Labute approximate surface area is 158 Å². The van der Waals surface area contributed by atoms with Gasteiger partial charge in [0.1, 0.15) is 13.2 Å². The highest BCUT2D eigenvalue weighted by molar-refractivity contribution is 5.69. The van der Waals surface area contributed by atoms with Gasteiger partial charge in [-0.2, -0.15) is 0 Å². The van der Waals surface area contributed by atoms with Gasteiger partial charge in [0.25, 0.3) is 0 Å². The Bertz CT molecular complexity index is 384. The average Bonchev–Trinajstić information content (AvgIpc) is 2.60. The first kappa shape index (κ1) is 24.6. The van der Waals surface area contributed by atoms with Crippen molar-refractivity contribution in [2.75, 3.05) is 39.5 Å². The Morgan fingerprint density at radius 2 is 1.58 bits per heavy atom. The van der Waals surface area contributed by atoms with Crippen molar-refractivity contribution in [3.63, 3.8) is 0 Å². The number of aliphatic hydroxyl groups is 1. The lowest BCUT2D eigenvalue weighted by atomic mass is 10.1. The number of carbonyl (C=O) groups excluding carboxylic acids is 2. The molecule has 0 bridgehead atoms. The van der Waals surface area contributed by atoms with E-state index >= 15 is 0 Å². The van der Waals surface area contributed by atoms with Crippen LogP contribution in [0.25, 0.3) is 0 Å². The van der Waals surface area contributed by atoms with Gasteiger partial charge in [0.05, 0.1) is 6.61 Å². The molecule has 0 atom stereocenters. The van der Waals surface area contributed by atoms with E-state index in [1.807, 2.05) is 4.90 Å². The number of rotatable bonds is 17. The second kappa shape index (κ2) is 18.4. The van der Waals surface area contributed by atoms with Gasteiger partial charge in [0.15, 0.2) is 0 Å². The van der Waals surface area contributed by atoms with E-state index in [2.05, 4.69) is 19.1 Å². The van der Waals surface area contributed by atoms with Crippen molar-refractivity contribution in [2.45, 2.75) is 65.2 Å². The first-order valence-electron chi connectivity index (χ1n) is 9.87. The van der Waals surface area contributed by atoms with Gasteiger partial charge < -0.3 is 14.6 Å². The van der Waals surface area contributed by atoms with Crippen molar-refractivity contribution in [1.29, 1.82) is 0 Å². The lowest BCUT2D eigenvalue weighted by Gasteiger charge is -2.20. The molecular formula is C20H37NO5. The number of aliphatic hydroxyl groups excluding tert-OH is 1. The lowest BCUT2D eigenvalue weighted by Crippen LogP contribution is -2.34. The third-order valence-corrected chi connectivity index (χ3v) is 3.95. The smallest absolute Gasteiger partial charge is 0.305 e. The van der Waals surface area contributed by atoms with E-state index in [1.54, 1.807) is 0 Å². The maximum absolute atomic E-state index is 11.7. The number of carbonyl (C=O) groups is 2. The molecule has 1 N–H and O–H groups in total. The summed E-state index contributed by atoms with van der Waals surface area (Å²) in [6, 6.07) is 0.